The van der Waals surface area contributed by atoms with Crippen LogP contribution in [-0.4, -0.2) is 22.3 Å². The highest BCUT2D eigenvalue weighted by atomic mass is 35.5. The summed E-state index contributed by atoms with van der Waals surface area (Å²) < 4.78 is 19.1. The number of amidine groups is 1. The fourth-order valence-corrected chi connectivity index (χ4v) is 3.51. The van der Waals surface area contributed by atoms with Crippen LogP contribution in [0.25, 0.3) is 15.9 Å². The molecule has 0 saturated heterocycles. The van der Waals surface area contributed by atoms with E-state index in [4.69, 9.17) is 22.9 Å². The fraction of sp³-hybridized carbons (Fsp3) is 0.111. The third-order valence-corrected chi connectivity index (χ3v) is 5.25. The van der Waals surface area contributed by atoms with Crippen molar-refractivity contribution < 1.29 is 9.13 Å². The van der Waals surface area contributed by atoms with Gasteiger partial charge in [0.25, 0.3) is 0 Å². The highest BCUT2D eigenvalue weighted by molar-refractivity contribution is 6.32. The molecular weight excluding hydrogens is 479 g/mol. The number of halogens is 2. The Bertz CT molecular complexity index is 1540. The maximum Gasteiger partial charge on any atom is 0.168 e. The van der Waals surface area contributed by atoms with E-state index in [1.807, 2.05) is 24.3 Å². The number of hydrogen-bond donors (Lipinski definition) is 2. The molecule has 0 bridgehead atoms. The van der Waals surface area contributed by atoms with Crippen LogP contribution >= 0.6 is 11.6 Å². The summed E-state index contributed by atoms with van der Waals surface area (Å²) in [7, 11) is 0. The second kappa shape index (κ2) is 11.7. The third-order valence-electron chi connectivity index (χ3n) is 4.96. The number of aliphatic imine (C=N–C) groups is 1. The first-order valence-electron chi connectivity index (χ1n) is 10.8. The van der Waals surface area contributed by atoms with Gasteiger partial charge in [0.05, 0.1) is 10.5 Å². The van der Waals surface area contributed by atoms with Crippen molar-refractivity contribution in [1.82, 2.24) is 15.4 Å². The van der Waals surface area contributed by atoms with Gasteiger partial charge in [0, 0.05) is 16.6 Å². The second-order valence-corrected chi connectivity index (χ2v) is 7.98. The Balaban J connectivity index is 1.49. The first-order valence-corrected chi connectivity index (χ1v) is 11.2. The summed E-state index contributed by atoms with van der Waals surface area (Å²) in [5.74, 6) is 7.33. The summed E-state index contributed by atoms with van der Waals surface area (Å²) >= 11 is 6.43. The molecular formula is C27H20ClFN6O. The lowest BCUT2D eigenvalue weighted by Gasteiger charge is -2.12. The molecule has 0 fully saturated rings. The van der Waals surface area contributed by atoms with E-state index in [0.29, 0.717) is 33.7 Å². The summed E-state index contributed by atoms with van der Waals surface area (Å²) in [6.45, 7) is 8.94. The van der Waals surface area contributed by atoms with Gasteiger partial charge in [0.1, 0.15) is 36.9 Å². The first-order chi connectivity index (χ1) is 17.5. The number of ether oxygens (including phenoxy) is 1. The van der Waals surface area contributed by atoms with Crippen LogP contribution in [0.15, 0.2) is 72.0 Å². The van der Waals surface area contributed by atoms with Crippen LogP contribution in [0.1, 0.15) is 18.1 Å². The molecule has 0 spiro atoms. The number of nitrogens with one attached hydrogen (secondary N) is 2. The predicted octanol–water partition coefficient (Wildman–Crippen LogP) is 5.94. The zero-order valence-electron chi connectivity index (χ0n) is 19.2. The van der Waals surface area contributed by atoms with E-state index < -0.39 is 0 Å². The molecule has 9 heteroatoms. The highest BCUT2D eigenvalue weighted by Crippen LogP contribution is 2.31. The van der Waals surface area contributed by atoms with Crippen LogP contribution in [0.3, 0.4) is 0 Å². The Morgan fingerprint density at radius 3 is 2.86 bits per heavy atom. The van der Waals surface area contributed by atoms with E-state index in [1.165, 1.54) is 18.5 Å². The van der Waals surface area contributed by atoms with Crippen molar-refractivity contribution in [2.75, 3.05) is 11.9 Å². The van der Waals surface area contributed by atoms with Crippen molar-refractivity contribution in [3.05, 3.63) is 100 Å². The van der Waals surface area contributed by atoms with Crippen molar-refractivity contribution in [3.8, 4) is 17.6 Å². The summed E-state index contributed by atoms with van der Waals surface area (Å²) in [5.41, 5.74) is 5.41. The van der Waals surface area contributed by atoms with Crippen molar-refractivity contribution in [3.63, 3.8) is 0 Å². The number of benzene rings is 3. The topological polar surface area (TPSA) is 75.8 Å². The molecule has 4 rings (SSSR count). The van der Waals surface area contributed by atoms with Gasteiger partial charge in [-0.25, -0.2) is 14.4 Å². The maximum absolute atomic E-state index is 13.4. The molecule has 0 saturated carbocycles. The lowest BCUT2D eigenvalue weighted by Crippen LogP contribution is -2.10. The van der Waals surface area contributed by atoms with Crippen LogP contribution < -0.4 is 15.5 Å². The molecule has 0 amide bonds. The van der Waals surface area contributed by atoms with Crippen LogP contribution in [0.4, 0.5) is 15.9 Å². The van der Waals surface area contributed by atoms with Crippen LogP contribution in [0.5, 0.6) is 5.75 Å². The fourth-order valence-electron chi connectivity index (χ4n) is 3.27. The molecule has 1 aromatic heterocycles. The van der Waals surface area contributed by atoms with Gasteiger partial charge in [0.15, 0.2) is 5.84 Å². The first kappa shape index (κ1) is 24.5. The van der Waals surface area contributed by atoms with E-state index in [-0.39, 0.29) is 19.0 Å². The number of rotatable bonds is 6. The van der Waals surface area contributed by atoms with Gasteiger partial charge in [-0.3, -0.25) is 4.99 Å². The summed E-state index contributed by atoms with van der Waals surface area (Å²) in [6.07, 6.45) is 1.48. The average Bonchev–Trinajstić information content (AvgIpc) is 2.87. The normalized spacial score (nSPS) is 10.8. The average molecular weight is 499 g/mol. The number of fused-ring (bicyclic) bond motifs is 1. The van der Waals surface area contributed by atoms with Gasteiger partial charge >= 0.3 is 0 Å². The van der Waals surface area contributed by atoms with Gasteiger partial charge in [-0.1, -0.05) is 41.0 Å². The highest BCUT2D eigenvalue weighted by Gasteiger charge is 2.08. The minimum atomic E-state index is -0.314. The second-order valence-electron chi connectivity index (χ2n) is 7.57. The smallest absolute Gasteiger partial charge is 0.168 e. The Hall–Kier alpha value is -4.66. The molecule has 2 N–H and O–H groups in total. The summed E-state index contributed by atoms with van der Waals surface area (Å²) in [4.78, 5) is 15.9. The standard InChI is InChI=1S/C27H20ClFN6O/c1-18(35-30-2)31-12-4-6-19-8-10-25-23(14-19)27(33-17-32-25)34-22-9-11-26(24(28)15-22)36-16-20-5-3-7-21(29)13-20/h3,5,7-11,13-15,17H,12,16H2,1H3,(H,31,35)(H,32,33,34). The lowest BCUT2D eigenvalue weighted by molar-refractivity contribution is 0.306. The largest absolute Gasteiger partial charge is 0.487 e. The van der Waals surface area contributed by atoms with E-state index in [0.717, 1.165) is 16.5 Å². The monoisotopic (exact) mass is 498 g/mol. The maximum atomic E-state index is 13.4. The molecule has 4 aromatic rings. The molecule has 0 unspecified atom stereocenters. The lowest BCUT2D eigenvalue weighted by atomic mass is 10.1. The van der Waals surface area contributed by atoms with Gasteiger partial charge < -0.3 is 10.1 Å². The van der Waals surface area contributed by atoms with Crippen LogP contribution in [-0.2, 0) is 6.61 Å². The van der Waals surface area contributed by atoms with Crippen LogP contribution in [0.2, 0.25) is 5.02 Å². The Labute approximate surface area is 212 Å². The molecule has 7 nitrogen and oxygen atoms in total. The molecule has 0 radical (unpaired) electrons. The minimum Gasteiger partial charge on any atom is -0.487 e. The molecule has 0 aliphatic heterocycles. The molecule has 178 valence electrons. The van der Waals surface area contributed by atoms with Gasteiger partial charge in [-0.2, -0.15) is 11.5 Å². The van der Waals surface area contributed by atoms with Gasteiger partial charge in [-0.05, 0) is 61.0 Å². The number of aromatic nitrogens is 2. The van der Waals surface area contributed by atoms with E-state index >= 15 is 0 Å². The Morgan fingerprint density at radius 2 is 2.06 bits per heavy atom. The molecule has 3 aromatic carbocycles. The molecule has 0 atom stereocenters. The quantitative estimate of drug-likeness (QED) is 0.113. The number of anilines is 2. The van der Waals surface area contributed by atoms with Crippen molar-refractivity contribution in [1.29, 1.82) is 0 Å². The summed E-state index contributed by atoms with van der Waals surface area (Å²) in [5, 5.41) is 4.47. The molecule has 0 aliphatic carbocycles. The van der Waals surface area contributed by atoms with Gasteiger partial charge in [-0.15, -0.1) is 0 Å². The van der Waals surface area contributed by atoms with E-state index in [1.54, 1.807) is 31.2 Å². The number of hydrogen-bond acceptors (Lipinski definition) is 5. The molecule has 1 heterocycles. The minimum absolute atomic E-state index is 0.200. The van der Waals surface area contributed by atoms with Crippen molar-refractivity contribution in [2.24, 2.45) is 4.99 Å². The van der Waals surface area contributed by atoms with Crippen molar-refractivity contribution >= 4 is 39.8 Å². The SMILES string of the molecule is [C-]#[N+]NC(C)=NCC#Cc1ccc2ncnc(Nc3ccc(OCc4cccc(F)c4)c(Cl)c3)c2c1. The van der Waals surface area contributed by atoms with E-state index in [9.17, 15) is 4.39 Å². The molecule has 36 heavy (non-hydrogen) atoms. The number of nitrogens with zero attached hydrogens (tertiary/aromatic N) is 4. The third kappa shape index (κ3) is 6.47. The zero-order valence-corrected chi connectivity index (χ0v) is 20.0. The Kier molecular flexibility index (Phi) is 7.92. The predicted molar refractivity (Wildman–Crippen MR) is 140 cm³/mol. The zero-order chi connectivity index (χ0) is 25.3. The summed E-state index contributed by atoms with van der Waals surface area (Å²) in [6, 6.07) is 17.2. The van der Waals surface area contributed by atoms with E-state index in [2.05, 4.69) is 42.5 Å². The Morgan fingerprint density at radius 1 is 1.17 bits per heavy atom. The van der Waals surface area contributed by atoms with Gasteiger partial charge in [0.2, 0.25) is 0 Å². The molecule has 0 aliphatic rings. The van der Waals surface area contributed by atoms with Crippen molar-refractivity contribution in [2.45, 2.75) is 13.5 Å². The van der Waals surface area contributed by atoms with Crippen LogP contribution in [0, 0.1) is 24.2 Å².